The van der Waals surface area contributed by atoms with Crippen LogP contribution < -0.4 is 14.8 Å². The number of pyridine rings is 2. The van der Waals surface area contributed by atoms with Crippen molar-refractivity contribution in [1.29, 1.82) is 0 Å². The normalized spacial score (nSPS) is 18.8. The van der Waals surface area contributed by atoms with Crippen molar-refractivity contribution in [3.8, 4) is 22.8 Å². The van der Waals surface area contributed by atoms with Gasteiger partial charge in [0.05, 0.1) is 18.8 Å². The Morgan fingerprint density at radius 2 is 2.05 bits per heavy atom. The van der Waals surface area contributed by atoms with Crippen molar-refractivity contribution in [3.63, 3.8) is 0 Å². The van der Waals surface area contributed by atoms with Crippen LogP contribution in [0.4, 0.5) is 5.82 Å². The zero-order valence-electron chi connectivity index (χ0n) is 22.5. The molecule has 2 aliphatic rings. The summed E-state index contributed by atoms with van der Waals surface area (Å²) in [6, 6.07) is 6.70. The Bertz CT molecular complexity index is 1330. The Morgan fingerprint density at radius 1 is 1.24 bits per heavy atom. The fourth-order valence-electron chi connectivity index (χ4n) is 4.54. The van der Waals surface area contributed by atoms with E-state index in [-0.39, 0.29) is 23.8 Å². The lowest BCUT2D eigenvalue weighted by atomic mass is 10.1. The van der Waals surface area contributed by atoms with Crippen molar-refractivity contribution < 1.29 is 23.8 Å². The molecule has 0 bridgehead atoms. The number of hydrogen-bond donors (Lipinski definition) is 1. The largest absolute Gasteiger partial charge is 0.490 e. The van der Waals surface area contributed by atoms with Gasteiger partial charge in [-0.15, -0.1) is 0 Å². The first kappa shape index (κ1) is 26.4. The fraction of sp³-hybridized carbons (Fsp3) is 0.500. The fourth-order valence-corrected chi connectivity index (χ4v) is 5.29. The monoisotopic (exact) mass is 536 g/mol. The highest BCUT2D eigenvalue weighted by Crippen LogP contribution is 2.44. The van der Waals surface area contributed by atoms with E-state index in [0.29, 0.717) is 37.1 Å². The van der Waals surface area contributed by atoms with Gasteiger partial charge in [-0.3, -0.25) is 4.79 Å². The van der Waals surface area contributed by atoms with Crippen molar-refractivity contribution in [3.05, 3.63) is 30.6 Å². The third-order valence-corrected chi connectivity index (χ3v) is 8.72. The Labute approximate surface area is 223 Å². The quantitative estimate of drug-likeness (QED) is 0.184. The third-order valence-electron chi connectivity index (χ3n) is 7.02. The van der Waals surface area contributed by atoms with Gasteiger partial charge in [-0.2, -0.15) is 0 Å². The predicted octanol–water partition coefficient (Wildman–Crippen LogP) is 5.12. The molecule has 1 N–H and O–H groups in total. The van der Waals surface area contributed by atoms with E-state index in [0.717, 1.165) is 53.9 Å². The molecule has 0 radical (unpaired) electrons. The second-order valence-electron chi connectivity index (χ2n) is 11.4. The first-order valence-electron chi connectivity index (χ1n) is 13.3. The first-order valence-corrected chi connectivity index (χ1v) is 17.0. The Kier molecular flexibility index (Phi) is 7.53. The third kappa shape index (κ3) is 6.07. The molecule has 9 nitrogen and oxygen atoms in total. The molecule has 2 atom stereocenters. The van der Waals surface area contributed by atoms with Crippen molar-refractivity contribution in [1.82, 2.24) is 14.5 Å². The van der Waals surface area contributed by atoms with E-state index in [1.165, 1.54) is 0 Å². The molecule has 0 saturated heterocycles. The average molecular weight is 537 g/mol. The second-order valence-corrected chi connectivity index (χ2v) is 17.1. The maximum absolute atomic E-state index is 12.7. The van der Waals surface area contributed by atoms with Gasteiger partial charge in [0.15, 0.2) is 0 Å². The number of methoxy groups -OCH3 is 1. The van der Waals surface area contributed by atoms with E-state index in [9.17, 15) is 9.59 Å². The van der Waals surface area contributed by atoms with Gasteiger partial charge in [0.25, 0.3) is 0 Å². The number of hydrogen-bond acceptors (Lipinski definition) is 7. The number of fused-ring (bicyclic) bond motifs is 1. The summed E-state index contributed by atoms with van der Waals surface area (Å²) in [6.07, 6.45) is 8.02. The van der Waals surface area contributed by atoms with Gasteiger partial charge < -0.3 is 28.9 Å². The summed E-state index contributed by atoms with van der Waals surface area (Å²) >= 11 is 0. The molecule has 10 heteroatoms. The molecule has 202 valence electrons. The van der Waals surface area contributed by atoms with Gasteiger partial charge in [0.2, 0.25) is 11.8 Å². The van der Waals surface area contributed by atoms with Crippen LogP contribution in [0.5, 0.6) is 11.6 Å². The van der Waals surface area contributed by atoms with E-state index >= 15 is 0 Å². The molecule has 2 unspecified atom stereocenters. The minimum absolute atomic E-state index is 0.0949. The lowest BCUT2D eigenvalue weighted by Gasteiger charge is -2.15. The van der Waals surface area contributed by atoms with E-state index in [1.807, 2.05) is 29.0 Å². The minimum Gasteiger partial charge on any atom is -0.490 e. The zero-order valence-corrected chi connectivity index (χ0v) is 23.5. The number of aldehydes is 1. The van der Waals surface area contributed by atoms with Crippen LogP contribution in [0.2, 0.25) is 25.7 Å². The highest BCUT2D eigenvalue weighted by molar-refractivity contribution is 6.76. The molecule has 0 aliphatic heterocycles. The molecule has 1 amide bonds. The number of nitrogens with one attached hydrogen (secondary N) is 1. The summed E-state index contributed by atoms with van der Waals surface area (Å²) < 4.78 is 19.9. The van der Waals surface area contributed by atoms with Crippen LogP contribution in [-0.2, 0) is 21.1 Å². The summed E-state index contributed by atoms with van der Waals surface area (Å²) in [5, 5.41) is 3.82. The molecule has 2 fully saturated rings. The Morgan fingerprint density at radius 3 is 2.76 bits per heavy atom. The maximum atomic E-state index is 12.7. The Balaban J connectivity index is 1.48. The number of anilines is 1. The average Bonchev–Trinajstić information content (AvgIpc) is 3.80. The summed E-state index contributed by atoms with van der Waals surface area (Å²) in [7, 11) is 0.374. The standard InChI is InChI=1S/C28H36N4O5Si/c1-35-28-25(23(9-11-29-28)37-19-5-6-19)22-16-32(17-36-13-14-38(2,3)4)26-20(22)7-8-24(30-26)31-27(34)21-15-18(21)10-12-33/h7-9,11-12,16,18-19,21H,5-6,10,13-15,17H2,1-4H3,(H,30,31,34). The van der Waals surface area contributed by atoms with Crippen LogP contribution in [0.1, 0.15) is 25.7 Å². The van der Waals surface area contributed by atoms with Gasteiger partial charge in [0.1, 0.15) is 30.2 Å². The van der Waals surface area contributed by atoms with Crippen molar-refractivity contribution in [2.24, 2.45) is 11.8 Å². The number of amides is 1. The van der Waals surface area contributed by atoms with Crippen LogP contribution in [0.3, 0.4) is 0 Å². The van der Waals surface area contributed by atoms with Crippen LogP contribution in [0.25, 0.3) is 22.2 Å². The summed E-state index contributed by atoms with van der Waals surface area (Å²) in [6.45, 7) is 7.98. The molecule has 5 rings (SSSR count). The van der Waals surface area contributed by atoms with Crippen molar-refractivity contribution in [2.45, 2.75) is 64.2 Å². The van der Waals surface area contributed by atoms with E-state index < -0.39 is 8.07 Å². The lowest BCUT2D eigenvalue weighted by molar-refractivity contribution is -0.117. The SMILES string of the molecule is COc1nccc(OC2CC2)c1-c1cn(COCC[Si](C)(C)C)c2nc(NC(=O)C3CC3CC=O)ccc12. The number of carbonyl (C=O) groups is 2. The highest BCUT2D eigenvalue weighted by Gasteiger charge is 2.42. The van der Waals surface area contributed by atoms with Crippen LogP contribution in [-0.4, -0.2) is 54.6 Å². The molecule has 3 aromatic rings. The van der Waals surface area contributed by atoms with Crippen LogP contribution in [0, 0.1) is 11.8 Å². The molecular formula is C28H36N4O5Si. The Hall–Kier alpha value is -3.24. The number of rotatable bonds is 13. The van der Waals surface area contributed by atoms with E-state index in [1.54, 1.807) is 13.3 Å². The number of carbonyl (C=O) groups excluding carboxylic acids is 2. The zero-order chi connectivity index (χ0) is 26.9. The van der Waals surface area contributed by atoms with Crippen molar-refractivity contribution in [2.75, 3.05) is 19.0 Å². The molecule has 0 aromatic carbocycles. The molecule has 3 heterocycles. The smallest absolute Gasteiger partial charge is 0.228 e. The number of aromatic nitrogens is 3. The van der Waals surface area contributed by atoms with Crippen LogP contribution >= 0.6 is 0 Å². The van der Waals surface area contributed by atoms with E-state index in [2.05, 4.69) is 29.9 Å². The molecule has 3 aromatic heterocycles. The summed E-state index contributed by atoms with van der Waals surface area (Å²) in [4.78, 5) is 32.8. The van der Waals surface area contributed by atoms with Crippen LogP contribution in [0.15, 0.2) is 30.6 Å². The minimum atomic E-state index is -1.23. The topological polar surface area (TPSA) is 105 Å². The number of ether oxygens (including phenoxy) is 3. The van der Waals surface area contributed by atoms with Gasteiger partial charge in [0, 0.05) is 50.4 Å². The molecular weight excluding hydrogens is 500 g/mol. The second kappa shape index (κ2) is 10.9. The molecule has 2 saturated carbocycles. The van der Waals surface area contributed by atoms with Gasteiger partial charge in [-0.05, 0) is 49.4 Å². The van der Waals surface area contributed by atoms with E-state index in [4.69, 9.17) is 19.2 Å². The van der Waals surface area contributed by atoms with Crippen molar-refractivity contribution >= 4 is 37.1 Å². The first-order chi connectivity index (χ1) is 18.3. The van der Waals surface area contributed by atoms with Gasteiger partial charge >= 0.3 is 0 Å². The molecule has 0 spiro atoms. The van der Waals surface area contributed by atoms with Gasteiger partial charge in [-0.25, -0.2) is 9.97 Å². The molecule has 2 aliphatic carbocycles. The van der Waals surface area contributed by atoms with Gasteiger partial charge in [-0.1, -0.05) is 19.6 Å². The summed E-state index contributed by atoms with van der Waals surface area (Å²) in [5.41, 5.74) is 2.35. The maximum Gasteiger partial charge on any atom is 0.228 e. The number of nitrogens with zero attached hydrogens (tertiary/aromatic N) is 3. The summed E-state index contributed by atoms with van der Waals surface area (Å²) in [5.74, 6) is 1.59. The highest BCUT2D eigenvalue weighted by atomic mass is 28.3. The predicted molar refractivity (Wildman–Crippen MR) is 148 cm³/mol. The lowest BCUT2D eigenvalue weighted by Crippen LogP contribution is -2.22. The molecule has 38 heavy (non-hydrogen) atoms.